The predicted octanol–water partition coefficient (Wildman–Crippen LogP) is 2.02. The molecule has 0 saturated carbocycles. The van der Waals surface area contributed by atoms with Crippen molar-refractivity contribution in [3.05, 3.63) is 0 Å². The van der Waals surface area contributed by atoms with Crippen LogP contribution in [-0.2, 0) is 14.0 Å². The first-order valence-electron chi connectivity index (χ1n) is 4.87. The fourth-order valence-corrected chi connectivity index (χ4v) is 4.01. The summed E-state index contributed by atoms with van der Waals surface area (Å²) < 4.78 is 19.0. The van der Waals surface area contributed by atoms with Gasteiger partial charge in [-0.15, -0.1) is 23.2 Å². The maximum atomic E-state index is 12.4. The van der Waals surface area contributed by atoms with Crippen LogP contribution in [0.2, 0.25) is 0 Å². The largest absolute Gasteiger partial charge is 0.345 e. The third kappa shape index (κ3) is 5.26. The zero-order chi connectivity index (χ0) is 12.0. The lowest BCUT2D eigenvalue weighted by Crippen LogP contribution is -2.44. The van der Waals surface area contributed by atoms with Crippen LogP contribution in [0.3, 0.4) is 0 Å². The minimum atomic E-state index is -3.20. The first kappa shape index (κ1) is 20.8. The van der Waals surface area contributed by atoms with Gasteiger partial charge in [-0.2, -0.15) is 4.67 Å². The number of nitrogens with zero attached hydrogens (tertiary/aromatic N) is 1. The fraction of sp³-hybridized carbons (Fsp3) is 1.00. The van der Waals surface area contributed by atoms with Gasteiger partial charge in [-0.1, -0.05) is 0 Å². The second kappa shape index (κ2) is 10.3. The second-order valence-electron chi connectivity index (χ2n) is 3.15. The van der Waals surface area contributed by atoms with E-state index in [1.54, 1.807) is 0 Å². The third-order valence-corrected chi connectivity index (χ3v) is 4.79. The Morgan fingerprint density at radius 3 is 2.61 bits per heavy atom. The molecule has 8 N–H and O–H groups in total. The summed E-state index contributed by atoms with van der Waals surface area (Å²) in [5, 5.41) is 11.5. The first-order valence-corrected chi connectivity index (χ1v) is 7.51. The standard InChI is InChI=1S/C7H15Cl2N2O4P.2H3N/c8-2-4-10-16(13)11(5-3-9)7(15-12)1-6-14-16;;/h7,12H,1-6H2,(H,10,13);2*1H3. The highest BCUT2D eigenvalue weighted by atomic mass is 35.5. The van der Waals surface area contributed by atoms with Crippen LogP contribution in [-0.4, -0.2) is 47.6 Å². The van der Waals surface area contributed by atoms with Gasteiger partial charge < -0.3 is 16.8 Å². The molecule has 0 aromatic carbocycles. The molecule has 1 aliphatic heterocycles. The Kier molecular flexibility index (Phi) is 12.0. The highest BCUT2D eigenvalue weighted by Gasteiger charge is 2.41. The van der Waals surface area contributed by atoms with E-state index in [0.29, 0.717) is 25.4 Å². The van der Waals surface area contributed by atoms with Crippen molar-refractivity contribution in [1.82, 2.24) is 22.1 Å². The summed E-state index contributed by atoms with van der Waals surface area (Å²) in [7, 11) is -3.20. The van der Waals surface area contributed by atoms with Crippen LogP contribution < -0.4 is 17.4 Å². The third-order valence-electron chi connectivity index (χ3n) is 2.14. The van der Waals surface area contributed by atoms with Crippen LogP contribution in [0.4, 0.5) is 0 Å². The van der Waals surface area contributed by atoms with Gasteiger partial charge >= 0.3 is 7.67 Å². The normalized spacial score (nSPS) is 28.3. The number of hydrogen-bond acceptors (Lipinski definition) is 6. The van der Waals surface area contributed by atoms with Crippen LogP contribution in [0, 0.1) is 0 Å². The molecule has 18 heavy (non-hydrogen) atoms. The number of alkyl halides is 2. The molecule has 1 fully saturated rings. The molecule has 0 aromatic heterocycles. The molecule has 0 bridgehead atoms. The van der Waals surface area contributed by atoms with Gasteiger partial charge in [-0.3, -0.25) is 9.82 Å². The zero-order valence-corrected chi connectivity index (χ0v) is 12.5. The first-order chi connectivity index (χ1) is 7.68. The van der Waals surface area contributed by atoms with Gasteiger partial charge in [0.1, 0.15) is 0 Å². The predicted molar refractivity (Wildman–Crippen MR) is 71.9 cm³/mol. The summed E-state index contributed by atoms with van der Waals surface area (Å²) in [6, 6.07) is 0. The molecule has 1 rings (SSSR count). The molecule has 1 aliphatic rings. The lowest BCUT2D eigenvalue weighted by Gasteiger charge is -2.38. The van der Waals surface area contributed by atoms with Crippen molar-refractivity contribution in [3.8, 4) is 0 Å². The summed E-state index contributed by atoms with van der Waals surface area (Å²) >= 11 is 11.1. The van der Waals surface area contributed by atoms with Crippen LogP contribution in [0.25, 0.3) is 0 Å². The van der Waals surface area contributed by atoms with Crippen molar-refractivity contribution >= 4 is 30.9 Å². The highest BCUT2D eigenvalue weighted by Crippen LogP contribution is 2.51. The van der Waals surface area contributed by atoms with Crippen LogP contribution in [0.1, 0.15) is 6.42 Å². The van der Waals surface area contributed by atoms with E-state index in [1.165, 1.54) is 4.67 Å². The van der Waals surface area contributed by atoms with Gasteiger partial charge in [0.2, 0.25) is 0 Å². The van der Waals surface area contributed by atoms with E-state index in [2.05, 4.69) is 9.97 Å². The van der Waals surface area contributed by atoms with Gasteiger partial charge in [0.15, 0.2) is 6.23 Å². The average molecular weight is 327 g/mol. The maximum absolute atomic E-state index is 12.4. The molecule has 0 aromatic rings. The van der Waals surface area contributed by atoms with E-state index in [-0.39, 0.29) is 24.8 Å². The summed E-state index contributed by atoms with van der Waals surface area (Å²) in [6.45, 7) is 0.881. The van der Waals surface area contributed by atoms with E-state index in [1.807, 2.05) is 0 Å². The van der Waals surface area contributed by atoms with E-state index in [9.17, 15) is 4.57 Å². The molecule has 0 radical (unpaired) electrons. The molecule has 1 saturated heterocycles. The smallest absolute Gasteiger partial charge is 0.344 e. The molecule has 0 amide bonds. The minimum Gasteiger partial charge on any atom is -0.344 e. The van der Waals surface area contributed by atoms with Gasteiger partial charge in [-0.05, 0) is 0 Å². The Labute approximate surface area is 117 Å². The Hall–Kier alpha value is 0.530. The molecule has 8 nitrogen and oxygen atoms in total. The van der Waals surface area contributed by atoms with E-state index in [4.69, 9.17) is 33.0 Å². The summed E-state index contributed by atoms with van der Waals surface area (Å²) in [6.07, 6.45) is -0.235. The molecule has 0 spiro atoms. The fourth-order valence-electron chi connectivity index (χ4n) is 1.46. The zero-order valence-electron chi connectivity index (χ0n) is 10.1. The van der Waals surface area contributed by atoms with Crippen molar-refractivity contribution in [3.63, 3.8) is 0 Å². The maximum Gasteiger partial charge on any atom is 0.345 e. The molecular formula is C7H21Cl2N4O4P. The number of halogens is 2. The quantitative estimate of drug-likeness (QED) is 0.251. The van der Waals surface area contributed by atoms with Crippen LogP contribution >= 0.6 is 30.9 Å². The Bertz CT molecular complexity index is 264. The highest BCUT2D eigenvalue weighted by molar-refractivity contribution is 7.54. The van der Waals surface area contributed by atoms with Crippen LogP contribution in [0.15, 0.2) is 0 Å². The summed E-state index contributed by atoms with van der Waals surface area (Å²) in [5.74, 6) is 0.572. The Morgan fingerprint density at radius 1 is 1.44 bits per heavy atom. The van der Waals surface area contributed by atoms with Crippen LogP contribution in [0.5, 0.6) is 0 Å². The Morgan fingerprint density at radius 2 is 2.11 bits per heavy atom. The number of rotatable bonds is 6. The second-order valence-corrected chi connectivity index (χ2v) is 6.04. The van der Waals surface area contributed by atoms with Gasteiger partial charge in [0, 0.05) is 31.3 Å². The minimum absolute atomic E-state index is 0. The van der Waals surface area contributed by atoms with Crippen molar-refractivity contribution in [1.29, 1.82) is 0 Å². The lowest BCUT2D eigenvalue weighted by atomic mass is 10.4. The van der Waals surface area contributed by atoms with Gasteiger partial charge in [0.05, 0.1) is 6.61 Å². The van der Waals surface area contributed by atoms with E-state index < -0.39 is 13.9 Å². The Balaban J connectivity index is 0. The van der Waals surface area contributed by atoms with Gasteiger partial charge in [0.25, 0.3) is 0 Å². The van der Waals surface area contributed by atoms with Crippen molar-refractivity contribution < 1.29 is 19.2 Å². The monoisotopic (exact) mass is 326 g/mol. The molecular weight excluding hydrogens is 306 g/mol. The van der Waals surface area contributed by atoms with Crippen molar-refractivity contribution in [2.45, 2.75) is 12.6 Å². The van der Waals surface area contributed by atoms with Crippen molar-refractivity contribution in [2.24, 2.45) is 0 Å². The lowest BCUT2D eigenvalue weighted by molar-refractivity contribution is -0.308. The molecule has 0 aliphatic carbocycles. The van der Waals surface area contributed by atoms with Crippen molar-refractivity contribution in [2.75, 3.05) is 31.5 Å². The molecule has 2 unspecified atom stereocenters. The number of nitrogens with one attached hydrogen (secondary N) is 1. The topological polar surface area (TPSA) is 141 Å². The summed E-state index contributed by atoms with van der Waals surface area (Å²) in [5.41, 5.74) is 0. The number of hydrogen-bond donors (Lipinski definition) is 4. The van der Waals surface area contributed by atoms with Gasteiger partial charge in [-0.25, -0.2) is 9.97 Å². The SMILES string of the molecule is N.N.O=P1(NCCCl)OCCC(OO)N1CCCl. The molecule has 11 heteroatoms. The molecule has 1 heterocycles. The average Bonchev–Trinajstić information content (AvgIpc) is 2.30. The molecule has 2 atom stereocenters. The summed E-state index contributed by atoms with van der Waals surface area (Å²) in [4.78, 5) is 4.27. The molecule has 112 valence electrons. The van der Waals surface area contributed by atoms with E-state index >= 15 is 0 Å². The van der Waals surface area contributed by atoms with E-state index in [0.717, 1.165) is 0 Å².